The summed E-state index contributed by atoms with van der Waals surface area (Å²) in [5.41, 5.74) is 6.84. The first kappa shape index (κ1) is 25.8. The van der Waals surface area contributed by atoms with Crippen LogP contribution in [0.5, 0.6) is 5.75 Å². The Morgan fingerprint density at radius 1 is 0.686 bits per heavy atom. The fraction of sp³-hybridized carbons (Fsp3) is 0.250. The van der Waals surface area contributed by atoms with Gasteiger partial charge in [0.2, 0.25) is 0 Å². The molecule has 0 saturated heterocycles. The molecule has 0 aliphatic carbocycles. The van der Waals surface area contributed by atoms with Crippen molar-refractivity contribution in [1.82, 2.24) is 0 Å². The number of unbranched alkanes of at least 4 members (excludes halogenated alkanes) is 3. The highest BCUT2D eigenvalue weighted by molar-refractivity contribution is 14.1. The summed E-state index contributed by atoms with van der Waals surface area (Å²) >= 11 is 9.06. The van der Waals surface area contributed by atoms with Gasteiger partial charge in [-0.3, -0.25) is 0 Å². The molecular formula is C32H32ClIO. The summed E-state index contributed by atoms with van der Waals surface area (Å²) in [6.07, 6.45) is 6.41. The summed E-state index contributed by atoms with van der Waals surface area (Å²) in [4.78, 5) is 0. The van der Waals surface area contributed by atoms with E-state index in [1.54, 1.807) is 0 Å². The minimum Gasteiger partial charge on any atom is -0.491 e. The molecule has 0 aliphatic rings. The summed E-state index contributed by atoms with van der Waals surface area (Å²) in [5.74, 6) is 0.915. The first-order valence-corrected chi connectivity index (χ1v) is 13.9. The van der Waals surface area contributed by atoms with Gasteiger partial charge in [0.25, 0.3) is 0 Å². The average Bonchev–Trinajstić information content (AvgIpc) is 2.88. The van der Waals surface area contributed by atoms with E-state index in [0.29, 0.717) is 0 Å². The van der Waals surface area contributed by atoms with Gasteiger partial charge < -0.3 is 4.74 Å². The molecule has 0 N–H and O–H groups in total. The molecule has 35 heavy (non-hydrogen) atoms. The summed E-state index contributed by atoms with van der Waals surface area (Å²) in [5, 5.41) is 0.752. The largest absolute Gasteiger partial charge is 0.491 e. The van der Waals surface area contributed by atoms with Gasteiger partial charge in [0, 0.05) is 14.2 Å². The lowest BCUT2D eigenvalue weighted by Crippen LogP contribution is -2.11. The molecule has 0 aliphatic heterocycles. The van der Waals surface area contributed by atoms with E-state index >= 15 is 0 Å². The summed E-state index contributed by atoms with van der Waals surface area (Å²) in [6, 6.07) is 31.8. The molecule has 180 valence electrons. The van der Waals surface area contributed by atoms with Crippen molar-refractivity contribution in [2.75, 3.05) is 0 Å². The standard InChI is InChI=1S/C32H32ClIO/c1-3-4-5-6-7-23(2)35-30-19-14-27(15-20-30)31-21-16-28(22-32(31)33)26-10-8-24(9-11-26)25-12-17-29(34)18-13-25/h8-23H,3-7H2,1-2H3/t23-/m1/s1. The lowest BCUT2D eigenvalue weighted by Gasteiger charge is -2.15. The van der Waals surface area contributed by atoms with Crippen LogP contribution in [0.1, 0.15) is 46.0 Å². The fourth-order valence-electron chi connectivity index (χ4n) is 4.29. The highest BCUT2D eigenvalue weighted by atomic mass is 127. The van der Waals surface area contributed by atoms with Crippen LogP contribution in [-0.2, 0) is 0 Å². The second-order valence-corrected chi connectivity index (χ2v) is 10.7. The van der Waals surface area contributed by atoms with E-state index in [9.17, 15) is 0 Å². The third-order valence-electron chi connectivity index (χ3n) is 6.33. The molecule has 4 rings (SSSR count). The van der Waals surface area contributed by atoms with Gasteiger partial charge in [-0.15, -0.1) is 0 Å². The molecule has 0 unspecified atom stereocenters. The van der Waals surface area contributed by atoms with Crippen molar-refractivity contribution in [3.63, 3.8) is 0 Å². The van der Waals surface area contributed by atoms with Gasteiger partial charge in [0.05, 0.1) is 6.10 Å². The SMILES string of the molecule is CCCCCC[C@@H](C)Oc1ccc(-c2ccc(-c3ccc(-c4ccc(I)cc4)cc3)cc2Cl)cc1. The van der Waals surface area contributed by atoms with E-state index in [1.807, 2.05) is 12.1 Å². The molecular weight excluding hydrogens is 563 g/mol. The Morgan fingerprint density at radius 3 is 1.83 bits per heavy atom. The Labute approximate surface area is 228 Å². The molecule has 0 bridgehead atoms. The third-order valence-corrected chi connectivity index (χ3v) is 7.36. The van der Waals surface area contributed by atoms with Crippen LogP contribution in [0.4, 0.5) is 0 Å². The van der Waals surface area contributed by atoms with Crippen LogP contribution in [0.15, 0.2) is 91.0 Å². The third kappa shape index (κ3) is 7.11. The van der Waals surface area contributed by atoms with Crippen LogP contribution in [0, 0.1) is 3.57 Å². The van der Waals surface area contributed by atoms with Gasteiger partial charge in [0.15, 0.2) is 0 Å². The second-order valence-electron chi connectivity index (χ2n) is 9.08. The van der Waals surface area contributed by atoms with Crippen LogP contribution in [0.2, 0.25) is 5.02 Å². The van der Waals surface area contributed by atoms with Gasteiger partial charge in [-0.05, 0) is 101 Å². The summed E-state index contributed by atoms with van der Waals surface area (Å²) < 4.78 is 7.35. The van der Waals surface area contributed by atoms with Crippen LogP contribution in [-0.4, -0.2) is 6.10 Å². The number of benzene rings is 4. The number of hydrogen-bond donors (Lipinski definition) is 0. The Hall–Kier alpha value is -2.30. The zero-order chi connectivity index (χ0) is 24.6. The van der Waals surface area contributed by atoms with E-state index < -0.39 is 0 Å². The maximum absolute atomic E-state index is 6.73. The number of hydrogen-bond acceptors (Lipinski definition) is 1. The van der Waals surface area contributed by atoms with Gasteiger partial charge in [0.1, 0.15) is 5.75 Å². The quantitative estimate of drug-likeness (QED) is 0.131. The smallest absolute Gasteiger partial charge is 0.119 e. The fourth-order valence-corrected chi connectivity index (χ4v) is 4.94. The Kier molecular flexibility index (Phi) is 9.28. The van der Waals surface area contributed by atoms with Crippen molar-refractivity contribution in [3.8, 4) is 39.1 Å². The van der Waals surface area contributed by atoms with Crippen LogP contribution in [0.25, 0.3) is 33.4 Å². The van der Waals surface area contributed by atoms with Crippen molar-refractivity contribution in [2.24, 2.45) is 0 Å². The summed E-state index contributed by atoms with van der Waals surface area (Å²) in [7, 11) is 0. The van der Waals surface area contributed by atoms with Crippen molar-refractivity contribution in [2.45, 2.75) is 52.1 Å². The first-order chi connectivity index (χ1) is 17.0. The van der Waals surface area contributed by atoms with Crippen LogP contribution >= 0.6 is 34.2 Å². The average molecular weight is 595 g/mol. The van der Waals surface area contributed by atoms with E-state index in [2.05, 4.69) is 115 Å². The Bertz CT molecular complexity index is 1210. The predicted octanol–water partition coefficient (Wildman–Crippen LogP) is 10.7. The van der Waals surface area contributed by atoms with Crippen molar-refractivity contribution < 1.29 is 4.74 Å². The zero-order valence-electron chi connectivity index (χ0n) is 20.4. The van der Waals surface area contributed by atoms with E-state index in [-0.39, 0.29) is 6.10 Å². The van der Waals surface area contributed by atoms with Gasteiger partial charge in [-0.1, -0.05) is 98.5 Å². The molecule has 0 saturated carbocycles. The molecule has 3 heteroatoms. The number of ether oxygens (including phenoxy) is 1. The minimum absolute atomic E-state index is 0.234. The molecule has 4 aromatic rings. The molecule has 0 spiro atoms. The number of rotatable bonds is 10. The highest BCUT2D eigenvalue weighted by Crippen LogP contribution is 2.34. The van der Waals surface area contributed by atoms with Gasteiger partial charge in [-0.25, -0.2) is 0 Å². The molecule has 0 amide bonds. The van der Waals surface area contributed by atoms with Gasteiger partial charge in [-0.2, -0.15) is 0 Å². The van der Waals surface area contributed by atoms with Crippen molar-refractivity contribution in [3.05, 3.63) is 99.6 Å². The van der Waals surface area contributed by atoms with E-state index in [0.717, 1.165) is 39.4 Å². The lowest BCUT2D eigenvalue weighted by atomic mass is 9.98. The Morgan fingerprint density at radius 2 is 1.23 bits per heavy atom. The Balaban J connectivity index is 1.42. The normalized spacial score (nSPS) is 11.9. The topological polar surface area (TPSA) is 9.23 Å². The predicted molar refractivity (Wildman–Crippen MR) is 159 cm³/mol. The van der Waals surface area contributed by atoms with Crippen LogP contribution in [0.3, 0.4) is 0 Å². The lowest BCUT2D eigenvalue weighted by molar-refractivity contribution is 0.206. The number of halogens is 2. The summed E-state index contributed by atoms with van der Waals surface area (Å²) in [6.45, 7) is 4.40. The van der Waals surface area contributed by atoms with Gasteiger partial charge >= 0.3 is 0 Å². The van der Waals surface area contributed by atoms with Crippen LogP contribution < -0.4 is 4.74 Å². The monoisotopic (exact) mass is 594 g/mol. The molecule has 0 radical (unpaired) electrons. The molecule has 1 nitrogen and oxygen atoms in total. The molecule has 0 heterocycles. The van der Waals surface area contributed by atoms with Crippen molar-refractivity contribution in [1.29, 1.82) is 0 Å². The maximum Gasteiger partial charge on any atom is 0.119 e. The van der Waals surface area contributed by atoms with Crippen molar-refractivity contribution >= 4 is 34.2 Å². The first-order valence-electron chi connectivity index (χ1n) is 12.5. The molecule has 4 aromatic carbocycles. The zero-order valence-corrected chi connectivity index (χ0v) is 23.4. The highest BCUT2D eigenvalue weighted by Gasteiger charge is 2.09. The van der Waals surface area contributed by atoms with E-state index in [1.165, 1.54) is 40.4 Å². The van der Waals surface area contributed by atoms with E-state index in [4.69, 9.17) is 16.3 Å². The molecule has 0 fully saturated rings. The maximum atomic E-state index is 6.73. The molecule has 1 atom stereocenters. The minimum atomic E-state index is 0.234. The second kappa shape index (κ2) is 12.6. The molecule has 0 aromatic heterocycles.